The van der Waals surface area contributed by atoms with E-state index in [1.54, 1.807) is 12.4 Å². The molecule has 14 heavy (non-hydrogen) atoms. The van der Waals surface area contributed by atoms with Gasteiger partial charge < -0.3 is 0 Å². The van der Waals surface area contributed by atoms with Gasteiger partial charge >= 0.3 is 0 Å². The van der Waals surface area contributed by atoms with E-state index in [0.29, 0.717) is 0 Å². The van der Waals surface area contributed by atoms with Crippen LogP contribution in [0.5, 0.6) is 0 Å². The largest absolute Gasteiger partial charge is 0.265 e. The summed E-state index contributed by atoms with van der Waals surface area (Å²) in [7, 11) is 0. The first-order chi connectivity index (χ1) is 6.75. The Bertz CT molecular complexity index is 436. The molecule has 2 aromatic heterocycles. The average molecular weight is 252 g/mol. The molecule has 0 saturated carbocycles. The molecule has 0 aliphatic heterocycles. The lowest BCUT2D eigenvalue weighted by atomic mass is 10.3. The van der Waals surface area contributed by atoms with Crippen molar-refractivity contribution in [3.63, 3.8) is 0 Å². The van der Waals surface area contributed by atoms with Gasteiger partial charge in [-0.2, -0.15) is 5.10 Å². The predicted molar refractivity (Wildman–Crippen MR) is 58.0 cm³/mol. The third kappa shape index (κ3) is 2.01. The molecule has 2 aromatic rings. The zero-order valence-corrected chi connectivity index (χ0v) is 9.40. The highest BCUT2D eigenvalue weighted by atomic mass is 79.9. The number of halogens is 1. The quantitative estimate of drug-likeness (QED) is 0.821. The minimum absolute atomic E-state index is 0.769. The van der Waals surface area contributed by atoms with Crippen LogP contribution in [0.25, 0.3) is 0 Å². The van der Waals surface area contributed by atoms with E-state index >= 15 is 0 Å². The first kappa shape index (κ1) is 9.40. The maximum Gasteiger partial charge on any atom is 0.0677 e. The normalized spacial score (nSPS) is 10.4. The summed E-state index contributed by atoms with van der Waals surface area (Å²) in [5.41, 5.74) is 2.30. The molecule has 4 heteroatoms. The summed E-state index contributed by atoms with van der Waals surface area (Å²) in [4.78, 5) is 4.11. The smallest absolute Gasteiger partial charge is 0.0677 e. The van der Waals surface area contributed by atoms with Crippen LogP contribution in [-0.2, 0) is 6.54 Å². The fourth-order valence-corrected chi connectivity index (χ4v) is 1.69. The molecule has 0 amide bonds. The van der Waals surface area contributed by atoms with E-state index in [0.717, 1.165) is 22.3 Å². The molecule has 0 aliphatic rings. The summed E-state index contributed by atoms with van der Waals surface area (Å²) in [6.45, 7) is 2.81. The molecule has 0 fully saturated rings. The molecule has 0 saturated heterocycles. The summed E-state index contributed by atoms with van der Waals surface area (Å²) in [6.07, 6.45) is 5.44. The van der Waals surface area contributed by atoms with E-state index in [1.165, 1.54) is 0 Å². The zero-order valence-electron chi connectivity index (χ0n) is 7.81. The van der Waals surface area contributed by atoms with Crippen molar-refractivity contribution >= 4 is 15.9 Å². The number of hydrogen-bond donors (Lipinski definition) is 0. The third-order valence-electron chi connectivity index (χ3n) is 2.02. The maximum atomic E-state index is 4.21. The van der Waals surface area contributed by atoms with Gasteiger partial charge in [0.2, 0.25) is 0 Å². The van der Waals surface area contributed by atoms with Crippen LogP contribution >= 0.6 is 15.9 Å². The minimum atomic E-state index is 0.769. The Labute approximate surface area is 90.9 Å². The Morgan fingerprint density at radius 3 is 2.93 bits per heavy atom. The van der Waals surface area contributed by atoms with Gasteiger partial charge in [0.15, 0.2) is 0 Å². The van der Waals surface area contributed by atoms with Crippen molar-refractivity contribution in [2.45, 2.75) is 13.5 Å². The van der Waals surface area contributed by atoms with Crippen molar-refractivity contribution in [2.75, 3.05) is 0 Å². The summed E-state index contributed by atoms with van der Waals surface area (Å²) < 4.78 is 2.95. The Morgan fingerprint density at radius 2 is 2.29 bits per heavy atom. The number of hydrogen-bond acceptors (Lipinski definition) is 2. The zero-order chi connectivity index (χ0) is 9.97. The standard InChI is InChI=1S/C10H10BrN3/c1-8-2-3-13-14(8)7-9-4-10(11)6-12-5-9/h2-6H,7H2,1H3. The molecular weight excluding hydrogens is 242 g/mol. The summed E-state index contributed by atoms with van der Waals surface area (Å²) in [5.74, 6) is 0. The number of nitrogens with zero attached hydrogens (tertiary/aromatic N) is 3. The molecular formula is C10H10BrN3. The second-order valence-corrected chi connectivity index (χ2v) is 4.06. The van der Waals surface area contributed by atoms with Crippen LogP contribution in [0.15, 0.2) is 35.2 Å². The van der Waals surface area contributed by atoms with Crippen molar-refractivity contribution in [1.29, 1.82) is 0 Å². The number of pyridine rings is 1. The first-order valence-electron chi connectivity index (χ1n) is 4.33. The molecule has 0 N–H and O–H groups in total. The van der Waals surface area contributed by atoms with Crippen molar-refractivity contribution < 1.29 is 0 Å². The maximum absolute atomic E-state index is 4.21. The monoisotopic (exact) mass is 251 g/mol. The van der Waals surface area contributed by atoms with Gasteiger partial charge in [-0.3, -0.25) is 9.67 Å². The van der Waals surface area contributed by atoms with Gasteiger partial charge in [-0.05, 0) is 40.5 Å². The third-order valence-corrected chi connectivity index (χ3v) is 2.46. The highest BCUT2D eigenvalue weighted by Gasteiger charge is 1.99. The molecule has 0 spiro atoms. The molecule has 0 radical (unpaired) electrons. The number of rotatable bonds is 2. The summed E-state index contributed by atoms with van der Waals surface area (Å²) >= 11 is 3.39. The Hall–Kier alpha value is -1.16. The van der Waals surface area contributed by atoms with Gasteiger partial charge in [0.1, 0.15) is 0 Å². The van der Waals surface area contributed by atoms with Crippen molar-refractivity contribution in [2.24, 2.45) is 0 Å². The fourth-order valence-electron chi connectivity index (χ4n) is 1.28. The minimum Gasteiger partial charge on any atom is -0.265 e. The Kier molecular flexibility index (Phi) is 2.63. The first-order valence-corrected chi connectivity index (χ1v) is 5.13. The van der Waals surface area contributed by atoms with E-state index in [4.69, 9.17) is 0 Å². The van der Waals surface area contributed by atoms with Crippen molar-refractivity contribution in [3.8, 4) is 0 Å². The predicted octanol–water partition coefficient (Wildman–Crippen LogP) is 2.40. The average Bonchev–Trinajstić information content (AvgIpc) is 2.52. The summed E-state index contributed by atoms with van der Waals surface area (Å²) in [5, 5.41) is 4.21. The van der Waals surface area contributed by atoms with Gasteiger partial charge in [0.05, 0.1) is 6.54 Å². The summed E-state index contributed by atoms with van der Waals surface area (Å²) in [6, 6.07) is 4.04. The second kappa shape index (κ2) is 3.92. The van der Waals surface area contributed by atoms with Crippen LogP contribution in [0.4, 0.5) is 0 Å². The molecule has 0 unspecified atom stereocenters. The second-order valence-electron chi connectivity index (χ2n) is 3.14. The van der Waals surface area contributed by atoms with E-state index in [-0.39, 0.29) is 0 Å². The van der Waals surface area contributed by atoms with Crippen LogP contribution in [-0.4, -0.2) is 14.8 Å². The molecule has 0 aromatic carbocycles. The van der Waals surface area contributed by atoms with E-state index in [1.807, 2.05) is 29.9 Å². The Morgan fingerprint density at radius 1 is 1.43 bits per heavy atom. The number of aromatic nitrogens is 3. The van der Waals surface area contributed by atoms with Gasteiger partial charge in [-0.25, -0.2) is 0 Å². The van der Waals surface area contributed by atoms with Gasteiger partial charge in [-0.1, -0.05) is 0 Å². The van der Waals surface area contributed by atoms with Crippen LogP contribution in [0.2, 0.25) is 0 Å². The van der Waals surface area contributed by atoms with E-state index in [9.17, 15) is 0 Å². The van der Waals surface area contributed by atoms with Gasteiger partial charge in [0, 0.05) is 28.8 Å². The van der Waals surface area contributed by atoms with Crippen molar-refractivity contribution in [1.82, 2.24) is 14.8 Å². The van der Waals surface area contributed by atoms with Crippen LogP contribution in [0, 0.1) is 6.92 Å². The lowest BCUT2D eigenvalue weighted by Gasteiger charge is -2.04. The molecule has 72 valence electrons. The molecule has 2 heterocycles. The molecule has 3 nitrogen and oxygen atoms in total. The van der Waals surface area contributed by atoms with Crippen LogP contribution < -0.4 is 0 Å². The van der Waals surface area contributed by atoms with Crippen LogP contribution in [0.3, 0.4) is 0 Å². The van der Waals surface area contributed by atoms with Crippen molar-refractivity contribution in [3.05, 3.63) is 46.5 Å². The van der Waals surface area contributed by atoms with Gasteiger partial charge in [-0.15, -0.1) is 0 Å². The highest BCUT2D eigenvalue weighted by Crippen LogP contribution is 2.11. The SMILES string of the molecule is Cc1ccnn1Cc1cncc(Br)c1. The van der Waals surface area contributed by atoms with E-state index in [2.05, 4.69) is 26.0 Å². The highest BCUT2D eigenvalue weighted by molar-refractivity contribution is 9.10. The lowest BCUT2D eigenvalue weighted by molar-refractivity contribution is 0.663. The topological polar surface area (TPSA) is 30.7 Å². The Balaban J connectivity index is 2.23. The molecule has 0 bridgehead atoms. The lowest BCUT2D eigenvalue weighted by Crippen LogP contribution is -2.03. The molecule has 0 aliphatic carbocycles. The fraction of sp³-hybridized carbons (Fsp3) is 0.200. The van der Waals surface area contributed by atoms with Gasteiger partial charge in [0.25, 0.3) is 0 Å². The van der Waals surface area contributed by atoms with E-state index < -0.39 is 0 Å². The number of aryl methyl sites for hydroxylation is 1. The molecule has 0 atom stereocenters. The molecule has 2 rings (SSSR count). The van der Waals surface area contributed by atoms with Crippen LogP contribution in [0.1, 0.15) is 11.3 Å².